The first-order chi connectivity index (χ1) is 16.0. The Morgan fingerprint density at radius 2 is 1.94 bits per heavy atom. The average molecular weight is 447 g/mol. The molecular formula is C24H25N5O4. The summed E-state index contributed by atoms with van der Waals surface area (Å²) < 4.78 is 27.0. The Morgan fingerprint density at radius 1 is 1.09 bits per heavy atom. The van der Waals surface area contributed by atoms with Gasteiger partial charge in [-0.05, 0) is 44.2 Å². The Kier molecular flexibility index (Phi) is 4.72. The van der Waals surface area contributed by atoms with Gasteiger partial charge >= 0.3 is 0 Å². The fraction of sp³-hybridized carbons (Fsp3) is 0.375. The van der Waals surface area contributed by atoms with Crippen LogP contribution in [-0.2, 0) is 14.2 Å². The molecule has 0 spiro atoms. The van der Waals surface area contributed by atoms with Crippen LogP contribution in [0.5, 0.6) is 5.75 Å². The quantitative estimate of drug-likeness (QED) is 0.497. The number of ether oxygens (including phenoxy) is 4. The van der Waals surface area contributed by atoms with E-state index >= 15 is 0 Å². The summed E-state index contributed by atoms with van der Waals surface area (Å²) in [6.45, 7) is 4.16. The van der Waals surface area contributed by atoms with Crippen molar-refractivity contribution in [3.8, 4) is 5.75 Å². The Hall–Kier alpha value is -3.27. The number of nitrogens with one attached hydrogen (secondary N) is 1. The van der Waals surface area contributed by atoms with Gasteiger partial charge in [0.25, 0.3) is 0 Å². The lowest BCUT2D eigenvalue weighted by atomic mass is 10.1. The van der Waals surface area contributed by atoms with E-state index in [2.05, 4.69) is 20.3 Å². The monoisotopic (exact) mass is 447 g/mol. The van der Waals surface area contributed by atoms with Crippen molar-refractivity contribution < 1.29 is 18.9 Å². The number of fused-ring (bicyclic) bond motifs is 3. The summed E-state index contributed by atoms with van der Waals surface area (Å²) in [7, 11) is 1.85. The van der Waals surface area contributed by atoms with E-state index in [1.165, 1.54) is 6.33 Å². The number of anilines is 1. The second-order valence-corrected chi connectivity index (χ2v) is 8.77. The molecule has 6 rings (SSSR count). The summed E-state index contributed by atoms with van der Waals surface area (Å²) >= 11 is 0. The Morgan fingerprint density at radius 3 is 2.82 bits per heavy atom. The van der Waals surface area contributed by atoms with Crippen molar-refractivity contribution in [1.29, 1.82) is 0 Å². The first-order valence-electron chi connectivity index (χ1n) is 11.0. The molecule has 3 aromatic heterocycles. The molecule has 0 aliphatic carbocycles. The largest absolute Gasteiger partial charge is 0.491 e. The molecule has 4 aromatic rings. The second-order valence-electron chi connectivity index (χ2n) is 8.77. The lowest BCUT2D eigenvalue weighted by molar-refractivity contribution is -0.198. The van der Waals surface area contributed by atoms with Gasteiger partial charge in [0.1, 0.15) is 48.5 Å². The molecule has 33 heavy (non-hydrogen) atoms. The number of hydrogen-bond acceptors (Lipinski definition) is 8. The van der Waals surface area contributed by atoms with E-state index in [9.17, 15) is 0 Å². The normalized spacial score (nSPS) is 26.0. The third kappa shape index (κ3) is 3.58. The highest BCUT2D eigenvalue weighted by Gasteiger charge is 2.56. The standard InChI is InChI=1S/C24H25N5O4/c1-24(2)32-20-18(12-30-16-6-4-14-5-7-19(25-3)28-17(14)10-16)31-23(21(20)33-24)29-9-8-15-11-26-13-27-22(15)29/h4-11,13,18,20-21,23H,12H2,1-3H3,(H,25,28)/t18-,20-,21-,23-/m1/s1. The van der Waals surface area contributed by atoms with Crippen LogP contribution in [0.25, 0.3) is 21.9 Å². The van der Waals surface area contributed by atoms with Crippen LogP contribution in [0.1, 0.15) is 20.1 Å². The zero-order valence-corrected chi connectivity index (χ0v) is 18.6. The minimum absolute atomic E-state index is 0.265. The SMILES string of the molecule is CNc1ccc2ccc(OC[C@H]3O[C@@H](n4ccc5cncnc54)[C@@H]4OC(C)(C)O[C@@H]43)cc2n1. The van der Waals surface area contributed by atoms with E-state index in [0.717, 1.165) is 33.5 Å². The minimum Gasteiger partial charge on any atom is -0.491 e. The lowest BCUT2D eigenvalue weighted by Gasteiger charge is -2.25. The Labute approximate surface area is 190 Å². The van der Waals surface area contributed by atoms with Gasteiger partial charge in [-0.1, -0.05) is 0 Å². The molecule has 2 saturated heterocycles. The van der Waals surface area contributed by atoms with Gasteiger partial charge in [-0.15, -0.1) is 0 Å². The minimum atomic E-state index is -0.704. The van der Waals surface area contributed by atoms with Gasteiger partial charge < -0.3 is 28.8 Å². The molecule has 0 saturated carbocycles. The maximum absolute atomic E-state index is 6.42. The van der Waals surface area contributed by atoms with Gasteiger partial charge in [-0.3, -0.25) is 0 Å². The molecule has 0 unspecified atom stereocenters. The van der Waals surface area contributed by atoms with E-state index < -0.39 is 5.79 Å². The van der Waals surface area contributed by atoms with Gasteiger partial charge in [0, 0.05) is 36.3 Å². The predicted molar refractivity (Wildman–Crippen MR) is 122 cm³/mol. The van der Waals surface area contributed by atoms with Crippen LogP contribution in [0, 0.1) is 0 Å². The van der Waals surface area contributed by atoms with Crippen molar-refractivity contribution in [2.45, 2.75) is 44.2 Å². The Balaban J connectivity index is 1.25. The summed E-state index contributed by atoms with van der Waals surface area (Å²) in [6.07, 6.45) is 4.04. The maximum atomic E-state index is 6.42. The van der Waals surface area contributed by atoms with Crippen LogP contribution in [0.2, 0.25) is 0 Å². The highest BCUT2D eigenvalue weighted by molar-refractivity contribution is 5.81. The number of benzene rings is 1. The molecule has 9 heteroatoms. The molecule has 4 atom stereocenters. The van der Waals surface area contributed by atoms with E-state index in [4.69, 9.17) is 18.9 Å². The van der Waals surface area contributed by atoms with Gasteiger partial charge in [0.2, 0.25) is 0 Å². The number of hydrogen-bond donors (Lipinski definition) is 1. The third-order valence-corrected chi connectivity index (χ3v) is 6.11. The Bertz CT molecular complexity index is 1320. The predicted octanol–water partition coefficient (Wildman–Crippen LogP) is 3.52. The average Bonchev–Trinajstić information content (AvgIpc) is 3.47. The lowest BCUT2D eigenvalue weighted by Crippen LogP contribution is -2.33. The summed E-state index contributed by atoms with van der Waals surface area (Å²) in [4.78, 5) is 13.1. The number of aromatic nitrogens is 4. The smallest absolute Gasteiger partial charge is 0.164 e. The molecule has 1 N–H and O–H groups in total. The van der Waals surface area contributed by atoms with E-state index in [0.29, 0.717) is 6.61 Å². The molecule has 1 aromatic carbocycles. The van der Waals surface area contributed by atoms with Crippen LogP contribution < -0.4 is 10.1 Å². The zero-order valence-electron chi connectivity index (χ0n) is 18.6. The molecule has 0 radical (unpaired) electrons. The fourth-order valence-electron chi connectivity index (χ4n) is 4.63. The van der Waals surface area contributed by atoms with Gasteiger partial charge in [-0.2, -0.15) is 0 Å². The van der Waals surface area contributed by atoms with Crippen LogP contribution in [-0.4, -0.2) is 57.3 Å². The molecule has 2 aliphatic heterocycles. The molecule has 5 heterocycles. The van der Waals surface area contributed by atoms with Crippen LogP contribution in [0.3, 0.4) is 0 Å². The highest BCUT2D eigenvalue weighted by Crippen LogP contribution is 2.44. The van der Waals surface area contributed by atoms with Crippen molar-refractivity contribution in [2.75, 3.05) is 19.0 Å². The molecule has 9 nitrogen and oxygen atoms in total. The van der Waals surface area contributed by atoms with Crippen LogP contribution in [0.4, 0.5) is 5.82 Å². The number of nitrogens with zero attached hydrogens (tertiary/aromatic N) is 4. The van der Waals surface area contributed by atoms with Gasteiger partial charge in [0.05, 0.1) is 5.52 Å². The maximum Gasteiger partial charge on any atom is 0.164 e. The molecule has 2 aliphatic rings. The zero-order chi connectivity index (χ0) is 22.6. The first kappa shape index (κ1) is 20.3. The van der Waals surface area contributed by atoms with Gasteiger partial charge in [0.15, 0.2) is 12.0 Å². The summed E-state index contributed by atoms with van der Waals surface area (Å²) in [5.74, 6) is 0.833. The van der Waals surface area contributed by atoms with Crippen molar-refractivity contribution in [3.63, 3.8) is 0 Å². The molecule has 2 fully saturated rings. The summed E-state index contributed by atoms with van der Waals surface area (Å²) in [5.41, 5.74) is 1.66. The molecular weight excluding hydrogens is 422 g/mol. The topological polar surface area (TPSA) is 92.6 Å². The number of pyridine rings is 1. The van der Waals surface area contributed by atoms with E-state index in [-0.39, 0.29) is 24.5 Å². The van der Waals surface area contributed by atoms with Crippen LogP contribution >= 0.6 is 0 Å². The molecule has 0 amide bonds. The summed E-state index contributed by atoms with van der Waals surface area (Å²) in [6, 6.07) is 11.8. The fourth-order valence-corrected chi connectivity index (χ4v) is 4.63. The van der Waals surface area contributed by atoms with E-state index in [1.54, 1.807) is 6.20 Å². The number of rotatable bonds is 5. The van der Waals surface area contributed by atoms with Crippen molar-refractivity contribution in [1.82, 2.24) is 19.5 Å². The van der Waals surface area contributed by atoms with Crippen molar-refractivity contribution in [2.24, 2.45) is 0 Å². The molecule has 170 valence electrons. The summed E-state index contributed by atoms with van der Waals surface area (Å²) in [5, 5.41) is 5.06. The third-order valence-electron chi connectivity index (χ3n) is 6.11. The van der Waals surface area contributed by atoms with Crippen molar-refractivity contribution in [3.05, 3.63) is 55.1 Å². The molecule has 0 bridgehead atoms. The van der Waals surface area contributed by atoms with Crippen LogP contribution in [0.15, 0.2) is 55.1 Å². The highest BCUT2D eigenvalue weighted by atomic mass is 16.8. The van der Waals surface area contributed by atoms with E-state index in [1.807, 2.05) is 68.1 Å². The first-order valence-corrected chi connectivity index (χ1v) is 11.0. The second kappa shape index (κ2) is 7.65. The van der Waals surface area contributed by atoms with Gasteiger partial charge in [-0.25, -0.2) is 15.0 Å². The van der Waals surface area contributed by atoms with Crippen molar-refractivity contribution >= 4 is 27.8 Å².